The smallest absolute Gasteiger partial charge is 0.128 e. The molecule has 4 heteroatoms. The van der Waals surface area contributed by atoms with Gasteiger partial charge in [0.05, 0.1) is 0 Å². The van der Waals surface area contributed by atoms with Crippen molar-refractivity contribution < 1.29 is 0 Å². The van der Waals surface area contributed by atoms with Crippen LogP contribution in [-0.2, 0) is 0 Å². The number of unbranched alkanes of at least 4 members (excludes halogenated alkanes) is 1. The van der Waals surface area contributed by atoms with E-state index in [9.17, 15) is 0 Å². The summed E-state index contributed by atoms with van der Waals surface area (Å²) in [7, 11) is 0. The van der Waals surface area contributed by atoms with Crippen molar-refractivity contribution in [2.75, 3.05) is 18.0 Å². The second kappa shape index (κ2) is 11.0. The number of hydrogen-bond donors (Lipinski definition) is 1. The van der Waals surface area contributed by atoms with Crippen LogP contribution in [0.1, 0.15) is 72.3 Å². The van der Waals surface area contributed by atoms with Gasteiger partial charge in [-0.15, -0.1) is 0 Å². The van der Waals surface area contributed by atoms with E-state index in [4.69, 9.17) is 5.73 Å². The standard InChI is InChI=1S/C21H36N4/c1-6-10-13-21(5,22)14-16-25(9-4)20-12-11-18(17-24-20)19(8-3)23-15-7-2/h7,11-12,15,17H,6,8-10,13-14,16,22H2,1-5H3/b15-7-,23-19?. The summed E-state index contributed by atoms with van der Waals surface area (Å²) in [6, 6.07) is 4.22. The fourth-order valence-corrected chi connectivity index (χ4v) is 2.81. The zero-order chi connectivity index (χ0) is 18.7. The van der Waals surface area contributed by atoms with Gasteiger partial charge in [0.2, 0.25) is 0 Å². The number of nitrogens with two attached hydrogens (primary N) is 1. The Morgan fingerprint density at radius 1 is 1.28 bits per heavy atom. The molecule has 1 aromatic rings. The highest BCUT2D eigenvalue weighted by Crippen LogP contribution is 2.19. The summed E-state index contributed by atoms with van der Waals surface area (Å²) in [5, 5.41) is 0. The van der Waals surface area contributed by atoms with E-state index in [1.54, 1.807) is 0 Å². The lowest BCUT2D eigenvalue weighted by molar-refractivity contribution is 0.388. The molecule has 0 aliphatic carbocycles. The molecule has 1 atom stereocenters. The van der Waals surface area contributed by atoms with Crippen molar-refractivity contribution in [2.24, 2.45) is 10.7 Å². The van der Waals surface area contributed by atoms with Crippen molar-refractivity contribution >= 4 is 11.5 Å². The first-order valence-electron chi connectivity index (χ1n) is 9.65. The van der Waals surface area contributed by atoms with Crippen molar-refractivity contribution in [1.82, 2.24) is 4.98 Å². The van der Waals surface area contributed by atoms with E-state index >= 15 is 0 Å². The number of nitrogens with zero attached hydrogens (tertiary/aromatic N) is 3. The number of aromatic nitrogens is 1. The zero-order valence-corrected chi connectivity index (χ0v) is 16.8. The largest absolute Gasteiger partial charge is 0.357 e. The normalized spacial score (nSPS) is 14.7. The lowest BCUT2D eigenvalue weighted by Gasteiger charge is -2.29. The number of pyridine rings is 1. The lowest BCUT2D eigenvalue weighted by atomic mass is 9.92. The van der Waals surface area contributed by atoms with Gasteiger partial charge in [0, 0.05) is 42.3 Å². The summed E-state index contributed by atoms with van der Waals surface area (Å²) >= 11 is 0. The van der Waals surface area contributed by atoms with Crippen LogP contribution in [0.4, 0.5) is 5.82 Å². The van der Waals surface area contributed by atoms with Crippen molar-refractivity contribution in [2.45, 2.75) is 72.3 Å². The van der Waals surface area contributed by atoms with E-state index in [1.165, 1.54) is 12.8 Å². The molecule has 0 bridgehead atoms. The van der Waals surface area contributed by atoms with Crippen LogP contribution in [0, 0.1) is 0 Å². The van der Waals surface area contributed by atoms with Crippen LogP contribution in [0.5, 0.6) is 0 Å². The van der Waals surface area contributed by atoms with Crippen LogP contribution in [0.3, 0.4) is 0 Å². The highest BCUT2D eigenvalue weighted by atomic mass is 15.2. The van der Waals surface area contributed by atoms with Crippen LogP contribution in [-0.4, -0.2) is 29.3 Å². The van der Waals surface area contributed by atoms with Gasteiger partial charge in [-0.1, -0.05) is 32.8 Å². The second-order valence-corrected chi connectivity index (χ2v) is 6.90. The van der Waals surface area contributed by atoms with Crippen LogP contribution in [0.15, 0.2) is 35.6 Å². The number of anilines is 1. The molecule has 0 aliphatic heterocycles. The first-order valence-corrected chi connectivity index (χ1v) is 9.65. The minimum atomic E-state index is -0.0993. The Bertz CT molecular complexity index is 544. The minimum absolute atomic E-state index is 0.0993. The van der Waals surface area contributed by atoms with Crippen molar-refractivity contribution in [3.63, 3.8) is 0 Å². The maximum atomic E-state index is 6.44. The molecule has 0 radical (unpaired) electrons. The van der Waals surface area contributed by atoms with Gasteiger partial charge in [-0.2, -0.15) is 0 Å². The van der Waals surface area contributed by atoms with Crippen molar-refractivity contribution in [3.05, 3.63) is 36.2 Å². The molecule has 0 saturated heterocycles. The van der Waals surface area contributed by atoms with Crippen molar-refractivity contribution in [1.29, 1.82) is 0 Å². The lowest BCUT2D eigenvalue weighted by Crippen LogP contribution is -2.40. The molecule has 25 heavy (non-hydrogen) atoms. The molecular formula is C21H36N4. The molecule has 2 N–H and O–H groups in total. The maximum absolute atomic E-state index is 6.44. The van der Waals surface area contributed by atoms with Gasteiger partial charge in [-0.3, -0.25) is 4.99 Å². The molecule has 0 aliphatic rings. The van der Waals surface area contributed by atoms with E-state index in [0.29, 0.717) is 0 Å². The number of hydrogen-bond acceptors (Lipinski definition) is 4. The highest BCUT2D eigenvalue weighted by Gasteiger charge is 2.19. The third-order valence-electron chi connectivity index (χ3n) is 4.56. The molecule has 1 unspecified atom stereocenters. The Balaban J connectivity index is 2.77. The Labute approximate surface area is 154 Å². The van der Waals surface area contributed by atoms with Crippen molar-refractivity contribution in [3.8, 4) is 0 Å². The fraction of sp³-hybridized carbons (Fsp3) is 0.619. The van der Waals surface area contributed by atoms with Crippen LogP contribution in [0.2, 0.25) is 0 Å². The first kappa shape index (κ1) is 21.4. The summed E-state index contributed by atoms with van der Waals surface area (Å²) in [5.74, 6) is 1.01. The second-order valence-electron chi connectivity index (χ2n) is 6.90. The average Bonchev–Trinajstić information content (AvgIpc) is 2.62. The van der Waals surface area contributed by atoms with Crippen LogP contribution in [0.25, 0.3) is 0 Å². The van der Waals surface area contributed by atoms with Gasteiger partial charge in [-0.25, -0.2) is 4.98 Å². The summed E-state index contributed by atoms with van der Waals surface area (Å²) in [5.41, 5.74) is 8.50. The van der Waals surface area contributed by atoms with E-state index < -0.39 is 0 Å². The predicted octanol–water partition coefficient (Wildman–Crippen LogP) is 4.94. The van der Waals surface area contributed by atoms with E-state index in [-0.39, 0.29) is 5.54 Å². The molecule has 140 valence electrons. The van der Waals surface area contributed by atoms with Crippen LogP contribution < -0.4 is 10.6 Å². The molecule has 1 rings (SSSR count). The zero-order valence-electron chi connectivity index (χ0n) is 16.8. The van der Waals surface area contributed by atoms with E-state index in [2.05, 4.69) is 54.7 Å². The molecular weight excluding hydrogens is 308 g/mol. The molecule has 4 nitrogen and oxygen atoms in total. The van der Waals surface area contributed by atoms with Gasteiger partial charge in [0.15, 0.2) is 0 Å². The summed E-state index contributed by atoms with van der Waals surface area (Å²) < 4.78 is 0. The number of rotatable bonds is 11. The topological polar surface area (TPSA) is 54.5 Å². The SMILES string of the molecule is C/C=C\N=C(CC)c1ccc(N(CC)CCC(C)(N)CCCC)nc1. The molecule has 0 fully saturated rings. The molecule has 1 heterocycles. The Hall–Kier alpha value is -1.68. The summed E-state index contributed by atoms with van der Waals surface area (Å²) in [6.07, 6.45) is 11.1. The Morgan fingerprint density at radius 3 is 2.56 bits per heavy atom. The van der Waals surface area contributed by atoms with Gasteiger partial charge < -0.3 is 10.6 Å². The molecule has 0 spiro atoms. The van der Waals surface area contributed by atoms with Gasteiger partial charge in [0.25, 0.3) is 0 Å². The van der Waals surface area contributed by atoms with Gasteiger partial charge >= 0.3 is 0 Å². The van der Waals surface area contributed by atoms with E-state index in [1.807, 2.05) is 25.4 Å². The average molecular weight is 345 g/mol. The Morgan fingerprint density at radius 2 is 2.04 bits per heavy atom. The van der Waals surface area contributed by atoms with Gasteiger partial charge in [-0.05, 0) is 52.2 Å². The predicted molar refractivity (Wildman–Crippen MR) is 111 cm³/mol. The third kappa shape index (κ3) is 7.39. The first-order chi connectivity index (χ1) is 12.0. The fourth-order valence-electron chi connectivity index (χ4n) is 2.81. The van der Waals surface area contributed by atoms with Crippen LogP contribution >= 0.6 is 0 Å². The number of aliphatic imine (C=N–C) groups is 1. The quantitative estimate of drug-likeness (QED) is 0.579. The summed E-state index contributed by atoms with van der Waals surface area (Å²) in [6.45, 7) is 12.5. The minimum Gasteiger partial charge on any atom is -0.357 e. The summed E-state index contributed by atoms with van der Waals surface area (Å²) in [4.78, 5) is 11.5. The molecule has 0 amide bonds. The van der Waals surface area contributed by atoms with E-state index in [0.717, 1.165) is 49.4 Å². The molecule has 1 aromatic heterocycles. The maximum Gasteiger partial charge on any atom is 0.128 e. The monoisotopic (exact) mass is 344 g/mol. The Kier molecular flexibility index (Phi) is 9.43. The number of allylic oxidation sites excluding steroid dienone is 1. The van der Waals surface area contributed by atoms with Gasteiger partial charge in [0.1, 0.15) is 5.82 Å². The molecule has 0 aromatic carbocycles. The molecule has 0 saturated carbocycles. The highest BCUT2D eigenvalue weighted by molar-refractivity contribution is 6.00. The third-order valence-corrected chi connectivity index (χ3v) is 4.56.